The van der Waals surface area contributed by atoms with Gasteiger partial charge in [-0.25, -0.2) is 9.97 Å². The van der Waals surface area contributed by atoms with Gasteiger partial charge in [0.05, 0.1) is 18.5 Å². The normalized spacial score (nSPS) is 17.6. The Labute approximate surface area is 164 Å². The number of anilines is 1. The first kappa shape index (κ1) is 17.1. The van der Waals surface area contributed by atoms with E-state index < -0.39 is 0 Å². The molecule has 0 atom stereocenters. The van der Waals surface area contributed by atoms with E-state index in [0.29, 0.717) is 0 Å². The number of nitrogens with zero attached hydrogens (tertiary/aromatic N) is 3. The Morgan fingerprint density at radius 2 is 1.85 bits per heavy atom. The van der Waals surface area contributed by atoms with Gasteiger partial charge in [-0.3, -0.25) is 0 Å². The van der Waals surface area contributed by atoms with Crippen LogP contribution in [0.4, 0.5) is 5.82 Å². The summed E-state index contributed by atoms with van der Waals surface area (Å²) in [7, 11) is 0. The largest absolute Gasteiger partial charge is 0.351 e. The van der Waals surface area contributed by atoms with Crippen molar-refractivity contribution in [2.24, 2.45) is 0 Å². The van der Waals surface area contributed by atoms with Crippen molar-refractivity contribution in [1.29, 1.82) is 0 Å². The van der Waals surface area contributed by atoms with E-state index in [1.165, 1.54) is 57.7 Å². The van der Waals surface area contributed by atoms with E-state index in [1.807, 2.05) is 11.3 Å². The third-order valence-corrected chi connectivity index (χ3v) is 7.31. The van der Waals surface area contributed by atoms with Gasteiger partial charge in [0.15, 0.2) is 5.82 Å². The maximum atomic E-state index is 5.14. The van der Waals surface area contributed by atoms with Crippen molar-refractivity contribution in [3.63, 3.8) is 0 Å². The smallest absolute Gasteiger partial charge is 0.187 e. The first-order valence-corrected chi connectivity index (χ1v) is 10.9. The predicted octanol–water partition coefficient (Wildman–Crippen LogP) is 3.05. The van der Waals surface area contributed by atoms with Gasteiger partial charge in [-0.2, -0.15) is 0 Å². The van der Waals surface area contributed by atoms with E-state index in [0.717, 1.165) is 37.7 Å². The highest BCUT2D eigenvalue weighted by molar-refractivity contribution is 7.18. The lowest BCUT2D eigenvalue weighted by Gasteiger charge is -2.30. The van der Waals surface area contributed by atoms with Crippen LogP contribution in [-0.2, 0) is 19.5 Å². The van der Waals surface area contributed by atoms with Crippen LogP contribution in [0.3, 0.4) is 0 Å². The summed E-state index contributed by atoms with van der Waals surface area (Å²) >= 11 is 1.83. The number of likely N-dealkylation sites (tertiary alicyclic amines) is 1. The lowest BCUT2D eigenvalue weighted by Crippen LogP contribution is -3.08. The zero-order chi connectivity index (χ0) is 18.4. The molecule has 4 heterocycles. The molecule has 2 aliphatic heterocycles. The number of aromatic nitrogens is 2. The van der Waals surface area contributed by atoms with Crippen LogP contribution in [0.1, 0.15) is 40.2 Å². The van der Waals surface area contributed by atoms with E-state index in [4.69, 9.17) is 9.97 Å². The number of fused-ring (bicyclic) bond motifs is 2. The lowest BCUT2D eigenvalue weighted by atomic mass is 9.99. The number of benzene rings is 1. The molecule has 1 saturated heterocycles. The molecule has 2 aromatic heterocycles. The van der Waals surface area contributed by atoms with Gasteiger partial charge in [-0.1, -0.05) is 24.3 Å². The van der Waals surface area contributed by atoms with Crippen molar-refractivity contribution in [1.82, 2.24) is 9.97 Å². The summed E-state index contributed by atoms with van der Waals surface area (Å²) in [4.78, 5) is 16.8. The predicted molar refractivity (Wildman–Crippen MR) is 112 cm³/mol. The molecule has 1 N–H and O–H groups in total. The first-order valence-electron chi connectivity index (χ1n) is 10.1. The molecule has 140 valence electrons. The van der Waals surface area contributed by atoms with Crippen LogP contribution in [0.5, 0.6) is 0 Å². The topological polar surface area (TPSA) is 33.5 Å². The molecule has 0 unspecified atom stereocenters. The molecule has 3 aromatic rings. The van der Waals surface area contributed by atoms with Crippen LogP contribution in [0.2, 0.25) is 0 Å². The number of hydrogen-bond donors (Lipinski definition) is 1. The molecular formula is C22H27N4S+. The summed E-state index contributed by atoms with van der Waals surface area (Å²) in [5.41, 5.74) is 4.27. The fourth-order valence-corrected chi connectivity index (χ4v) is 5.57. The summed E-state index contributed by atoms with van der Waals surface area (Å²) in [6, 6.07) is 8.84. The van der Waals surface area contributed by atoms with Crippen LogP contribution >= 0.6 is 11.3 Å². The van der Waals surface area contributed by atoms with Crippen LogP contribution in [0, 0.1) is 13.8 Å². The zero-order valence-electron chi connectivity index (χ0n) is 16.2. The maximum absolute atomic E-state index is 5.14. The van der Waals surface area contributed by atoms with Crippen molar-refractivity contribution in [3.8, 4) is 0 Å². The molecule has 5 heteroatoms. The quantitative estimate of drug-likeness (QED) is 0.759. The molecule has 4 nitrogen and oxygen atoms in total. The fourth-order valence-electron chi connectivity index (χ4n) is 4.53. The minimum absolute atomic E-state index is 0.951. The van der Waals surface area contributed by atoms with Gasteiger partial charge in [0, 0.05) is 30.8 Å². The Morgan fingerprint density at radius 3 is 2.67 bits per heavy atom. The molecular weight excluding hydrogens is 352 g/mol. The third kappa shape index (κ3) is 3.13. The molecule has 1 aromatic carbocycles. The summed E-state index contributed by atoms with van der Waals surface area (Å²) in [5, 5.41) is 1.28. The van der Waals surface area contributed by atoms with Crippen molar-refractivity contribution >= 4 is 27.4 Å². The monoisotopic (exact) mass is 379 g/mol. The molecule has 0 radical (unpaired) electrons. The number of rotatable bonds is 3. The average molecular weight is 380 g/mol. The molecule has 27 heavy (non-hydrogen) atoms. The Morgan fingerprint density at radius 1 is 1.07 bits per heavy atom. The van der Waals surface area contributed by atoms with Crippen molar-refractivity contribution in [3.05, 3.63) is 51.7 Å². The molecule has 5 rings (SSSR count). The SMILES string of the molecule is Cc1sc2nc(C[NH+]3CCCC3)nc(N3CCc4ccccc4C3)c2c1C. The van der Waals surface area contributed by atoms with Gasteiger partial charge < -0.3 is 9.80 Å². The van der Waals surface area contributed by atoms with Crippen LogP contribution < -0.4 is 9.80 Å². The lowest BCUT2D eigenvalue weighted by molar-refractivity contribution is -0.902. The van der Waals surface area contributed by atoms with Gasteiger partial charge in [0.25, 0.3) is 0 Å². The second-order valence-electron chi connectivity index (χ2n) is 8.00. The summed E-state index contributed by atoms with van der Waals surface area (Å²) in [6.45, 7) is 9.91. The number of aryl methyl sites for hydroxylation is 2. The zero-order valence-corrected chi connectivity index (χ0v) is 17.0. The van der Waals surface area contributed by atoms with E-state index in [2.05, 4.69) is 43.0 Å². The highest BCUT2D eigenvalue weighted by Crippen LogP contribution is 2.36. The minimum atomic E-state index is 0.951. The summed E-state index contributed by atoms with van der Waals surface area (Å²) in [5.74, 6) is 2.18. The van der Waals surface area contributed by atoms with Gasteiger partial charge in [-0.05, 0) is 37.0 Å². The Bertz CT molecular complexity index is 987. The van der Waals surface area contributed by atoms with Crippen molar-refractivity contribution in [2.75, 3.05) is 24.5 Å². The Hall–Kier alpha value is -1.98. The highest BCUT2D eigenvalue weighted by atomic mass is 32.1. The van der Waals surface area contributed by atoms with Gasteiger partial charge in [0.1, 0.15) is 17.2 Å². The molecule has 0 aliphatic carbocycles. The van der Waals surface area contributed by atoms with Gasteiger partial charge in [-0.15, -0.1) is 11.3 Å². The van der Waals surface area contributed by atoms with E-state index >= 15 is 0 Å². The third-order valence-electron chi connectivity index (χ3n) is 6.20. The number of nitrogens with one attached hydrogen (secondary N) is 1. The Kier molecular flexibility index (Phi) is 4.37. The van der Waals surface area contributed by atoms with Gasteiger partial charge >= 0.3 is 0 Å². The number of thiophene rings is 1. The van der Waals surface area contributed by atoms with Crippen molar-refractivity contribution in [2.45, 2.75) is 46.2 Å². The molecule has 0 bridgehead atoms. The second-order valence-corrected chi connectivity index (χ2v) is 9.20. The van der Waals surface area contributed by atoms with Gasteiger partial charge in [0.2, 0.25) is 0 Å². The minimum Gasteiger partial charge on any atom is -0.351 e. The fraction of sp³-hybridized carbons (Fsp3) is 0.455. The second kappa shape index (κ2) is 6.88. The first-order chi connectivity index (χ1) is 13.2. The van der Waals surface area contributed by atoms with Crippen LogP contribution in [0.15, 0.2) is 24.3 Å². The van der Waals surface area contributed by atoms with Crippen LogP contribution in [0.25, 0.3) is 10.2 Å². The Balaban J connectivity index is 1.57. The average Bonchev–Trinajstić information content (AvgIpc) is 3.29. The van der Waals surface area contributed by atoms with E-state index in [-0.39, 0.29) is 0 Å². The molecule has 1 fully saturated rings. The van der Waals surface area contributed by atoms with E-state index in [1.54, 1.807) is 4.90 Å². The van der Waals surface area contributed by atoms with Crippen molar-refractivity contribution < 1.29 is 4.90 Å². The summed E-state index contributed by atoms with van der Waals surface area (Å²) < 4.78 is 0. The molecule has 0 amide bonds. The molecule has 0 spiro atoms. The standard InChI is InChI=1S/C22H26N4S/c1-15-16(2)27-22-20(15)21(23-19(24-22)14-25-10-5-6-11-25)26-12-9-17-7-3-4-8-18(17)13-26/h3-4,7-8H,5-6,9-14H2,1-2H3/p+1. The number of quaternary nitrogens is 1. The van der Waals surface area contributed by atoms with Crippen LogP contribution in [-0.4, -0.2) is 29.6 Å². The van der Waals surface area contributed by atoms with E-state index in [9.17, 15) is 0 Å². The number of hydrogen-bond acceptors (Lipinski definition) is 4. The molecule has 0 saturated carbocycles. The maximum Gasteiger partial charge on any atom is 0.187 e. The summed E-state index contributed by atoms with van der Waals surface area (Å²) in [6.07, 6.45) is 3.77. The molecule has 2 aliphatic rings. The highest BCUT2D eigenvalue weighted by Gasteiger charge is 2.24.